The largest absolute Gasteiger partial charge is 0.338 e. The molecule has 5 rings (SSSR count). The summed E-state index contributed by atoms with van der Waals surface area (Å²) >= 11 is 0. The molecule has 0 radical (unpaired) electrons. The molecule has 3 aromatic heterocycles. The topological polar surface area (TPSA) is 91.7 Å². The summed E-state index contributed by atoms with van der Waals surface area (Å²) in [7, 11) is 0. The van der Waals surface area contributed by atoms with E-state index in [1.807, 2.05) is 30.3 Å². The molecular formula is C18H15N7. The third-order valence-electron chi connectivity index (χ3n) is 4.44. The Morgan fingerprint density at radius 3 is 3.00 bits per heavy atom. The molecule has 0 spiro atoms. The average Bonchev–Trinajstić information content (AvgIpc) is 3.04. The second-order valence-corrected chi connectivity index (χ2v) is 6.04. The van der Waals surface area contributed by atoms with Gasteiger partial charge in [0, 0.05) is 17.1 Å². The number of benzene rings is 1. The van der Waals surface area contributed by atoms with Crippen LogP contribution in [0.2, 0.25) is 0 Å². The molecule has 0 unspecified atom stereocenters. The lowest BCUT2D eigenvalue weighted by atomic mass is 9.95. The highest BCUT2D eigenvalue weighted by molar-refractivity contribution is 6.03. The number of para-hydroxylation sites is 1. The summed E-state index contributed by atoms with van der Waals surface area (Å²) in [4.78, 5) is 12.2. The molecule has 0 amide bonds. The predicted molar refractivity (Wildman–Crippen MR) is 96.5 cm³/mol. The molecule has 0 fully saturated rings. The van der Waals surface area contributed by atoms with Crippen LogP contribution in [0.3, 0.4) is 0 Å². The van der Waals surface area contributed by atoms with Gasteiger partial charge in [0.15, 0.2) is 5.65 Å². The van der Waals surface area contributed by atoms with Crippen LogP contribution in [0.5, 0.6) is 0 Å². The van der Waals surface area contributed by atoms with Crippen molar-refractivity contribution in [1.29, 1.82) is 0 Å². The van der Waals surface area contributed by atoms with Crippen LogP contribution in [0.1, 0.15) is 24.1 Å². The van der Waals surface area contributed by atoms with Crippen molar-refractivity contribution in [2.75, 3.05) is 5.43 Å². The molecule has 2 N–H and O–H groups in total. The summed E-state index contributed by atoms with van der Waals surface area (Å²) in [5.41, 5.74) is 8.51. The van der Waals surface area contributed by atoms with Gasteiger partial charge in [0.2, 0.25) is 0 Å². The van der Waals surface area contributed by atoms with Crippen molar-refractivity contribution in [3.63, 3.8) is 0 Å². The fourth-order valence-corrected chi connectivity index (χ4v) is 3.26. The molecule has 7 heteroatoms. The van der Waals surface area contributed by atoms with Crippen molar-refractivity contribution in [3.8, 4) is 0 Å². The second-order valence-electron chi connectivity index (χ2n) is 6.04. The van der Waals surface area contributed by atoms with Crippen molar-refractivity contribution in [2.45, 2.75) is 19.3 Å². The van der Waals surface area contributed by atoms with Gasteiger partial charge < -0.3 is 4.98 Å². The fraction of sp³-hybridized carbons (Fsp3) is 0.167. The molecule has 3 heterocycles. The van der Waals surface area contributed by atoms with Crippen LogP contribution in [-0.2, 0) is 6.42 Å². The Kier molecular flexibility index (Phi) is 3.16. The first-order valence-electron chi connectivity index (χ1n) is 8.26. The Hall–Kier alpha value is -3.35. The lowest BCUT2D eigenvalue weighted by Gasteiger charge is -2.15. The minimum absolute atomic E-state index is 0.370. The molecule has 1 aromatic carbocycles. The summed E-state index contributed by atoms with van der Waals surface area (Å²) in [5.74, 6) is 0.370. The molecule has 0 saturated heterocycles. The quantitative estimate of drug-likeness (QED) is 0.551. The number of pyridine rings is 1. The van der Waals surface area contributed by atoms with Crippen LogP contribution in [-0.4, -0.2) is 30.9 Å². The molecular weight excluding hydrogens is 314 g/mol. The van der Waals surface area contributed by atoms with Crippen molar-refractivity contribution in [3.05, 3.63) is 53.9 Å². The smallest absolute Gasteiger partial charge is 0.265 e. The minimum atomic E-state index is 0.370. The van der Waals surface area contributed by atoms with E-state index >= 15 is 0 Å². The maximum atomic E-state index is 4.49. The van der Waals surface area contributed by atoms with E-state index in [0.29, 0.717) is 11.6 Å². The van der Waals surface area contributed by atoms with E-state index in [1.165, 1.54) is 5.56 Å². The van der Waals surface area contributed by atoms with Gasteiger partial charge in [-0.3, -0.25) is 4.98 Å². The van der Waals surface area contributed by atoms with E-state index in [9.17, 15) is 0 Å². The monoisotopic (exact) mass is 329 g/mol. The SMILES string of the molecule is c1cnc2c(c1)CCC/C2=N\Nc1nnc2c(n1)[nH]c1ccccc12. The first-order chi connectivity index (χ1) is 12.4. The number of hydrazone groups is 1. The molecule has 1 aliphatic rings. The van der Waals surface area contributed by atoms with E-state index in [1.54, 1.807) is 6.20 Å². The predicted octanol–water partition coefficient (Wildman–Crippen LogP) is 3.05. The fourth-order valence-electron chi connectivity index (χ4n) is 3.26. The highest BCUT2D eigenvalue weighted by atomic mass is 15.4. The van der Waals surface area contributed by atoms with E-state index in [0.717, 1.165) is 47.1 Å². The lowest BCUT2D eigenvalue weighted by Crippen LogP contribution is -2.15. The van der Waals surface area contributed by atoms with Crippen LogP contribution >= 0.6 is 0 Å². The Balaban J connectivity index is 1.49. The zero-order valence-electron chi connectivity index (χ0n) is 13.4. The number of anilines is 1. The van der Waals surface area contributed by atoms with Gasteiger partial charge in [-0.05, 0) is 37.0 Å². The number of aryl methyl sites for hydroxylation is 1. The van der Waals surface area contributed by atoms with Gasteiger partial charge in [-0.2, -0.15) is 10.1 Å². The summed E-state index contributed by atoms with van der Waals surface area (Å²) in [6, 6.07) is 12.0. The molecule has 0 aliphatic heterocycles. The number of aromatic amines is 1. The van der Waals surface area contributed by atoms with Crippen molar-refractivity contribution in [1.82, 2.24) is 25.1 Å². The van der Waals surface area contributed by atoms with Crippen LogP contribution in [0, 0.1) is 0 Å². The number of nitrogens with one attached hydrogen (secondary N) is 2. The average molecular weight is 329 g/mol. The van der Waals surface area contributed by atoms with Gasteiger partial charge in [0.05, 0.1) is 11.4 Å². The van der Waals surface area contributed by atoms with Gasteiger partial charge in [-0.25, -0.2) is 5.43 Å². The maximum Gasteiger partial charge on any atom is 0.265 e. The van der Waals surface area contributed by atoms with E-state index < -0.39 is 0 Å². The number of rotatable bonds is 2. The van der Waals surface area contributed by atoms with Gasteiger partial charge in [-0.15, -0.1) is 10.2 Å². The van der Waals surface area contributed by atoms with Crippen LogP contribution < -0.4 is 5.43 Å². The Labute approximate surface area is 143 Å². The lowest BCUT2D eigenvalue weighted by molar-refractivity contribution is 0.823. The Morgan fingerprint density at radius 1 is 1.04 bits per heavy atom. The van der Waals surface area contributed by atoms with Crippen molar-refractivity contribution >= 4 is 33.7 Å². The zero-order chi connectivity index (χ0) is 16.6. The molecule has 0 bridgehead atoms. The standard InChI is InChI=1S/C18H15N7/c1-2-8-13-12(7-1)16-17(20-13)21-18(25-23-16)24-22-14-9-3-5-11-6-4-10-19-15(11)14/h1-2,4,6-8,10H,3,5,9H2,(H2,20,21,24,25)/b22-14+. The van der Waals surface area contributed by atoms with Gasteiger partial charge in [0.1, 0.15) is 5.52 Å². The summed E-state index contributed by atoms with van der Waals surface area (Å²) in [6.45, 7) is 0. The van der Waals surface area contributed by atoms with Gasteiger partial charge in [-0.1, -0.05) is 24.3 Å². The molecule has 7 nitrogen and oxygen atoms in total. The third kappa shape index (κ3) is 2.40. The first kappa shape index (κ1) is 14.0. The Bertz CT molecular complexity index is 1110. The van der Waals surface area contributed by atoms with E-state index in [2.05, 4.69) is 41.7 Å². The number of nitrogens with zero attached hydrogens (tertiary/aromatic N) is 5. The summed E-state index contributed by atoms with van der Waals surface area (Å²) < 4.78 is 0. The van der Waals surface area contributed by atoms with Crippen molar-refractivity contribution < 1.29 is 0 Å². The molecule has 0 saturated carbocycles. The van der Waals surface area contributed by atoms with Gasteiger partial charge >= 0.3 is 0 Å². The second kappa shape index (κ2) is 5.62. The molecule has 122 valence electrons. The molecule has 4 aromatic rings. The number of fused-ring (bicyclic) bond motifs is 4. The molecule has 1 aliphatic carbocycles. The Morgan fingerprint density at radius 2 is 2.00 bits per heavy atom. The summed E-state index contributed by atoms with van der Waals surface area (Å²) in [6.07, 6.45) is 4.80. The number of hydrogen-bond donors (Lipinski definition) is 2. The minimum Gasteiger partial charge on any atom is -0.338 e. The normalized spacial score (nSPS) is 15.6. The third-order valence-corrected chi connectivity index (χ3v) is 4.44. The van der Waals surface area contributed by atoms with Crippen LogP contribution in [0.4, 0.5) is 5.95 Å². The van der Waals surface area contributed by atoms with Gasteiger partial charge in [0.25, 0.3) is 5.95 Å². The highest BCUT2D eigenvalue weighted by Gasteiger charge is 2.16. The van der Waals surface area contributed by atoms with E-state index in [4.69, 9.17) is 0 Å². The molecule has 25 heavy (non-hydrogen) atoms. The maximum absolute atomic E-state index is 4.49. The number of aromatic nitrogens is 5. The molecule has 0 atom stereocenters. The first-order valence-corrected chi connectivity index (χ1v) is 8.26. The number of H-pyrrole nitrogens is 1. The highest BCUT2D eigenvalue weighted by Crippen LogP contribution is 2.22. The van der Waals surface area contributed by atoms with Crippen LogP contribution in [0.15, 0.2) is 47.7 Å². The summed E-state index contributed by atoms with van der Waals surface area (Å²) in [5, 5.41) is 13.9. The van der Waals surface area contributed by atoms with E-state index in [-0.39, 0.29) is 0 Å². The van der Waals surface area contributed by atoms with Crippen LogP contribution in [0.25, 0.3) is 22.1 Å². The zero-order valence-corrected chi connectivity index (χ0v) is 13.4. The number of hydrogen-bond acceptors (Lipinski definition) is 6. The van der Waals surface area contributed by atoms with Crippen molar-refractivity contribution in [2.24, 2.45) is 5.10 Å².